The summed E-state index contributed by atoms with van der Waals surface area (Å²) < 4.78 is 49.7. The molecule has 4 unspecified atom stereocenters. The molecular weight excluding hydrogens is 1300 g/mol. The molecular formula is C79H134INaO9Si2. The Morgan fingerprint density at radius 2 is 0.565 bits per heavy atom. The summed E-state index contributed by atoms with van der Waals surface area (Å²) in [5, 5.41) is 26.3. The van der Waals surface area contributed by atoms with Gasteiger partial charge in [0.15, 0.2) is 0 Å². The third-order valence-electron chi connectivity index (χ3n) is 18.2. The minimum absolute atomic E-state index is 0. The maximum Gasteiger partial charge on any atom is 1.00 e. The molecule has 0 radical (unpaired) electrons. The Labute approximate surface area is 595 Å². The second-order valence-electron chi connectivity index (χ2n) is 27.9. The molecule has 520 valence electrons. The molecule has 2 N–H and O–H groups in total. The van der Waals surface area contributed by atoms with Gasteiger partial charge in [0.2, 0.25) is 0 Å². The van der Waals surface area contributed by atoms with Gasteiger partial charge in [0, 0.05) is 18.6 Å². The van der Waals surface area contributed by atoms with E-state index in [2.05, 4.69) is 184 Å². The van der Waals surface area contributed by atoms with E-state index in [4.69, 9.17) is 22.6 Å². The van der Waals surface area contributed by atoms with Gasteiger partial charge >= 0.3 is 29.6 Å². The van der Waals surface area contributed by atoms with Crippen molar-refractivity contribution in [1.82, 2.24) is 0 Å². The molecule has 4 rings (SSSR count). The van der Waals surface area contributed by atoms with Crippen molar-refractivity contribution in [2.24, 2.45) is 0 Å². The Hall–Kier alpha value is -1.61. The topological polar surface area (TPSA) is 168 Å². The number of hydrogen-bond acceptors (Lipinski definition) is 9. The van der Waals surface area contributed by atoms with Gasteiger partial charge in [-0.05, 0) is 75.8 Å². The van der Waals surface area contributed by atoms with Crippen LogP contribution in [0.25, 0.3) is 0 Å². The van der Waals surface area contributed by atoms with Crippen LogP contribution in [0, 0.1) is 0 Å². The Bertz CT molecular complexity index is 2180. The molecule has 0 aliphatic carbocycles. The van der Waals surface area contributed by atoms with Gasteiger partial charge in [-0.15, -0.1) is 0 Å². The number of carbonyl (C=O) groups is 1. The molecule has 4 aromatic rings. The van der Waals surface area contributed by atoms with Gasteiger partial charge in [0.05, 0.1) is 12.2 Å². The van der Waals surface area contributed by atoms with Crippen LogP contribution in [0.5, 0.6) is 0 Å². The first kappa shape index (κ1) is 90.4. The summed E-state index contributed by atoms with van der Waals surface area (Å²) in [4.78, 5) is 10.6. The molecule has 9 nitrogen and oxygen atoms in total. The van der Waals surface area contributed by atoms with E-state index < -0.39 is 48.9 Å². The van der Waals surface area contributed by atoms with Gasteiger partial charge in [0.25, 0.3) is 16.6 Å². The van der Waals surface area contributed by atoms with Crippen molar-refractivity contribution in [3.8, 4) is 0 Å². The largest absolute Gasteiger partial charge is 1.00 e. The number of unbranched alkanes of at least 4 members (excludes halogenated alkanes) is 27. The van der Waals surface area contributed by atoms with Gasteiger partial charge in [-0.25, -0.2) is 0 Å². The average Bonchev–Trinajstić information content (AvgIpc) is 0.757. The van der Waals surface area contributed by atoms with Crippen molar-refractivity contribution >= 4 is 43.7 Å². The molecule has 0 heterocycles. The van der Waals surface area contributed by atoms with E-state index >= 15 is 0 Å². The van der Waals surface area contributed by atoms with E-state index in [-0.39, 0.29) is 53.2 Å². The minimum Gasteiger partial charge on any atom is -0.404 e. The zero-order valence-corrected chi connectivity index (χ0v) is 65.6. The third-order valence-corrected chi connectivity index (χ3v) is 28.4. The number of halogens is 1. The molecule has 92 heavy (non-hydrogen) atoms. The summed E-state index contributed by atoms with van der Waals surface area (Å²) in [7, 11) is -5.09. The zero-order valence-electron chi connectivity index (χ0n) is 59.4. The molecule has 0 bridgehead atoms. The van der Waals surface area contributed by atoms with E-state index in [1.165, 1.54) is 194 Å². The van der Waals surface area contributed by atoms with Crippen molar-refractivity contribution in [1.29, 1.82) is 0 Å². The van der Waals surface area contributed by atoms with Crippen molar-refractivity contribution in [2.75, 3.05) is 0 Å². The molecule has 0 aliphatic rings. The fourth-order valence-electron chi connectivity index (χ4n) is 13.1. The van der Waals surface area contributed by atoms with E-state index in [0.717, 1.165) is 70.5 Å². The second-order valence-corrected chi connectivity index (χ2v) is 38.6. The molecule has 0 aromatic heterocycles. The summed E-state index contributed by atoms with van der Waals surface area (Å²) in [6, 6.07) is 44.5. The number of benzene rings is 4. The number of aldehydes is 1. The number of hydrogen-bond donors (Lipinski definition) is 2. The van der Waals surface area contributed by atoms with Crippen LogP contribution in [0.3, 0.4) is 0 Å². The summed E-state index contributed by atoms with van der Waals surface area (Å²) in [5.41, 5.74) is 0. The molecule has 0 saturated heterocycles. The zero-order chi connectivity index (χ0) is 66.3. The first-order valence-corrected chi connectivity index (χ1v) is 43.5. The summed E-state index contributed by atoms with van der Waals surface area (Å²) in [5.74, 6) is 0. The van der Waals surface area contributed by atoms with Crippen LogP contribution in [0.15, 0.2) is 121 Å². The van der Waals surface area contributed by atoms with Gasteiger partial charge in [-0.3, -0.25) is 13.7 Å². The van der Waals surface area contributed by atoms with Gasteiger partial charge < -0.3 is 23.9 Å². The maximum atomic E-state index is 10.6. The average molecular weight is 1430 g/mol. The molecule has 0 fully saturated rings. The van der Waals surface area contributed by atoms with Gasteiger partial charge in [0.1, 0.15) is 26.4 Å². The molecule has 13 heteroatoms. The van der Waals surface area contributed by atoms with Crippen molar-refractivity contribution < 1.29 is 87.3 Å². The third kappa shape index (κ3) is 38.5. The molecule has 0 amide bonds. The Morgan fingerprint density at radius 1 is 0.370 bits per heavy atom. The van der Waals surface area contributed by atoms with Crippen molar-refractivity contribution in [3.63, 3.8) is 0 Å². The molecule has 4 aromatic carbocycles. The summed E-state index contributed by atoms with van der Waals surface area (Å²) in [6.45, 7) is 21.2. The fraction of sp³-hybridized carbons (Fsp3) is 0.684. The van der Waals surface area contributed by atoms with Crippen LogP contribution in [0.4, 0.5) is 0 Å². The Balaban J connectivity index is 0.00000167. The number of aliphatic hydroxyl groups is 2. The molecule has 0 aliphatic heterocycles. The quantitative estimate of drug-likeness (QED) is 0.0189. The van der Waals surface area contributed by atoms with Crippen LogP contribution < -0.4 is 84.1 Å². The summed E-state index contributed by atoms with van der Waals surface area (Å²) in [6.07, 6.45) is 46.1. The van der Waals surface area contributed by atoms with Crippen LogP contribution in [-0.2, 0) is 13.6 Å². The van der Waals surface area contributed by atoms with Gasteiger partial charge in [-0.1, -0.05) is 384 Å². The smallest absolute Gasteiger partial charge is 0.404 e. The van der Waals surface area contributed by atoms with E-state index in [1.807, 2.05) is 0 Å². The number of rotatable bonds is 49. The predicted octanol–water partition coefficient (Wildman–Crippen LogP) is 10.6. The standard InChI is InChI=1S/C43H74O3Si.C35H56O2Si.CH4.IO4.Na/c1-6-8-10-12-13-17-22-30-38(31-23-18-14-15-19-29-37-42(45)41(44)36-28-16-11-9-7-2)46-47(43(3,4)5,39-32-24-20-25-33-39)40-34-26-21-27-35-40;1-5-6-7-8-10-13-18-25-32(26-19-14-11-9-12-15-24-31-36)37-38(35(2,3)4,33-27-20-16-21-28-33)34-29-22-17-23-30-34;;2-1(3,4)5;/h20-21,24-27,32-35,38,41-42,44-45H,6-19,22-23,28-31,36-37H2,1-5H3;16-17,20-23,27-32H,5-15,18-19,24-26H2,1-4H3;1H4;;/q;;;-1;+1. The van der Waals surface area contributed by atoms with Crippen LogP contribution >= 0.6 is 0 Å². The van der Waals surface area contributed by atoms with Crippen LogP contribution in [0.2, 0.25) is 10.1 Å². The minimum atomic E-state index is -5.94. The van der Waals surface area contributed by atoms with E-state index in [9.17, 15) is 15.0 Å². The Kier molecular flexibility index (Phi) is 53.4. The molecule has 0 spiro atoms. The first-order chi connectivity index (χ1) is 43.2. The van der Waals surface area contributed by atoms with E-state index in [0.29, 0.717) is 12.5 Å². The number of aliphatic hydroxyl groups excluding tert-OH is 2. The molecule has 4 atom stereocenters. The summed E-state index contributed by atoms with van der Waals surface area (Å²) >= 11 is -5.94. The monoisotopic (exact) mass is 1430 g/mol. The maximum absolute atomic E-state index is 10.6. The van der Waals surface area contributed by atoms with Crippen LogP contribution in [0.1, 0.15) is 314 Å². The van der Waals surface area contributed by atoms with Crippen molar-refractivity contribution in [3.05, 3.63) is 121 Å². The number of carbonyl (C=O) groups excluding carboxylic acids is 1. The predicted molar refractivity (Wildman–Crippen MR) is 382 cm³/mol. The molecule has 0 saturated carbocycles. The van der Waals surface area contributed by atoms with Crippen LogP contribution in [-0.4, -0.2) is 57.5 Å². The Morgan fingerprint density at radius 3 is 0.772 bits per heavy atom. The second kappa shape index (κ2) is 54.3. The van der Waals surface area contributed by atoms with Gasteiger partial charge in [-0.2, -0.15) is 0 Å². The first-order valence-electron chi connectivity index (χ1n) is 36.2. The fourth-order valence-corrected chi connectivity index (χ4v) is 22.6. The SMILES string of the molecule is C.CCCCCCCCCC(CCCCCCCCC(O)C(O)CCCCCCC)O[Si](c1ccccc1)(c1ccccc1)C(C)(C)C.CCCCCCCCCC(CCCCCCCCC=O)O[Si](c1ccccc1)(c1ccccc1)C(C)(C)C.[Na+].[O-][I+3]([O-])([O-])[O-]. The van der Waals surface area contributed by atoms with E-state index in [1.54, 1.807) is 0 Å². The van der Waals surface area contributed by atoms with Crippen molar-refractivity contribution in [2.45, 2.75) is 348 Å². The normalized spacial score (nSPS) is 13.3.